The molecule has 0 aromatic carbocycles. The molecule has 1 aliphatic rings. The number of nitrogens with one attached hydrogen (secondary N) is 1. The maximum Gasteiger partial charge on any atom is 0.257 e. The predicted octanol–water partition coefficient (Wildman–Crippen LogP) is 0.605. The van der Waals surface area contributed by atoms with Crippen LogP contribution in [-0.4, -0.2) is 65.2 Å². The van der Waals surface area contributed by atoms with E-state index in [1.807, 2.05) is 11.8 Å². The molecule has 0 atom stereocenters. The highest BCUT2D eigenvalue weighted by molar-refractivity contribution is 5.95. The molecule has 0 unspecified atom stereocenters. The Balaban J connectivity index is 1.74. The van der Waals surface area contributed by atoms with E-state index in [-0.39, 0.29) is 5.91 Å². The predicted molar refractivity (Wildman–Crippen MR) is 78.6 cm³/mol. The summed E-state index contributed by atoms with van der Waals surface area (Å²) in [5.74, 6) is 0.0963. The maximum atomic E-state index is 12.3. The molecule has 20 heavy (non-hydrogen) atoms. The molecule has 1 fully saturated rings. The summed E-state index contributed by atoms with van der Waals surface area (Å²) in [5.41, 5.74) is 7.03. The molecular formula is C14H25N5O. The summed E-state index contributed by atoms with van der Waals surface area (Å²) in [5, 5.41) is 6.74. The van der Waals surface area contributed by atoms with E-state index in [0.29, 0.717) is 5.56 Å². The third kappa shape index (κ3) is 3.80. The molecule has 1 aliphatic heterocycles. The van der Waals surface area contributed by atoms with Gasteiger partial charge in [0.15, 0.2) is 0 Å². The number of carbonyl (C=O) groups excluding carboxylic acids is 1. The number of amides is 1. The lowest BCUT2D eigenvalue weighted by Gasteiger charge is -2.34. The molecule has 1 saturated heterocycles. The first-order valence-corrected chi connectivity index (χ1v) is 7.44. The van der Waals surface area contributed by atoms with Crippen molar-refractivity contribution in [2.45, 2.75) is 26.2 Å². The number of unbranched alkanes of at least 4 members (excludes halogenated alkanes) is 2. The van der Waals surface area contributed by atoms with Gasteiger partial charge in [0.1, 0.15) is 0 Å². The minimum atomic E-state index is 0.0963. The molecule has 2 rings (SSSR count). The minimum absolute atomic E-state index is 0.0963. The van der Waals surface area contributed by atoms with E-state index in [9.17, 15) is 4.79 Å². The Morgan fingerprint density at radius 3 is 2.65 bits per heavy atom. The van der Waals surface area contributed by atoms with Gasteiger partial charge >= 0.3 is 0 Å². The third-order valence-electron chi connectivity index (χ3n) is 3.90. The summed E-state index contributed by atoms with van der Waals surface area (Å²) in [6.45, 7) is 7.32. The van der Waals surface area contributed by atoms with Crippen molar-refractivity contribution in [3.8, 4) is 0 Å². The normalized spacial score (nSPS) is 16.6. The fraction of sp³-hybridized carbons (Fsp3) is 0.714. The van der Waals surface area contributed by atoms with E-state index >= 15 is 0 Å². The standard InChI is InChI=1S/C14H25N5O/c1-12-13(11-16-17-12)14(20)19-9-7-18(8-10-19)6-4-2-3-5-15/h11H,2-10,15H2,1H3,(H,16,17). The second-order valence-corrected chi connectivity index (χ2v) is 5.39. The number of nitrogens with two attached hydrogens (primary N) is 1. The van der Waals surface area contributed by atoms with E-state index in [2.05, 4.69) is 15.1 Å². The van der Waals surface area contributed by atoms with Gasteiger partial charge in [-0.1, -0.05) is 6.42 Å². The van der Waals surface area contributed by atoms with E-state index in [0.717, 1.165) is 51.4 Å². The molecule has 112 valence electrons. The van der Waals surface area contributed by atoms with Crippen LogP contribution in [0.4, 0.5) is 0 Å². The average molecular weight is 279 g/mol. The quantitative estimate of drug-likeness (QED) is 0.748. The van der Waals surface area contributed by atoms with Crippen LogP contribution in [-0.2, 0) is 0 Å². The van der Waals surface area contributed by atoms with Gasteiger partial charge in [-0.15, -0.1) is 0 Å². The molecule has 1 amide bonds. The summed E-state index contributed by atoms with van der Waals surface area (Å²) in [7, 11) is 0. The van der Waals surface area contributed by atoms with Crippen LogP contribution in [0, 0.1) is 6.92 Å². The zero-order valence-corrected chi connectivity index (χ0v) is 12.3. The number of H-pyrrole nitrogens is 1. The molecule has 0 bridgehead atoms. The number of aromatic amines is 1. The highest BCUT2D eigenvalue weighted by atomic mass is 16.2. The van der Waals surface area contributed by atoms with Gasteiger partial charge in [0.2, 0.25) is 0 Å². The SMILES string of the molecule is Cc1[nH]ncc1C(=O)N1CCN(CCCCCN)CC1. The van der Waals surface area contributed by atoms with E-state index in [1.165, 1.54) is 12.8 Å². The maximum absolute atomic E-state index is 12.3. The van der Waals surface area contributed by atoms with Crippen LogP contribution in [0.1, 0.15) is 35.3 Å². The van der Waals surface area contributed by atoms with E-state index in [1.54, 1.807) is 6.20 Å². The minimum Gasteiger partial charge on any atom is -0.336 e. The van der Waals surface area contributed by atoms with Crippen LogP contribution in [0.3, 0.4) is 0 Å². The molecule has 1 aromatic heterocycles. The van der Waals surface area contributed by atoms with Gasteiger partial charge in [0, 0.05) is 31.9 Å². The van der Waals surface area contributed by atoms with Crippen molar-refractivity contribution >= 4 is 5.91 Å². The summed E-state index contributed by atoms with van der Waals surface area (Å²) in [6, 6.07) is 0. The Morgan fingerprint density at radius 2 is 2.05 bits per heavy atom. The first kappa shape index (κ1) is 15.0. The molecule has 1 aromatic rings. The summed E-state index contributed by atoms with van der Waals surface area (Å²) < 4.78 is 0. The zero-order valence-electron chi connectivity index (χ0n) is 12.3. The average Bonchev–Trinajstić information content (AvgIpc) is 2.90. The van der Waals surface area contributed by atoms with E-state index < -0.39 is 0 Å². The van der Waals surface area contributed by atoms with Crippen molar-refractivity contribution < 1.29 is 4.79 Å². The van der Waals surface area contributed by atoms with Crippen LogP contribution < -0.4 is 5.73 Å². The number of hydrogen-bond donors (Lipinski definition) is 2. The van der Waals surface area contributed by atoms with Crippen LogP contribution in [0.15, 0.2) is 6.20 Å². The molecule has 0 spiro atoms. The van der Waals surface area contributed by atoms with Gasteiger partial charge in [-0.3, -0.25) is 14.8 Å². The number of rotatable bonds is 6. The first-order chi connectivity index (χ1) is 9.72. The zero-order chi connectivity index (χ0) is 14.4. The Bertz CT molecular complexity index is 423. The van der Waals surface area contributed by atoms with Gasteiger partial charge in [-0.05, 0) is 32.9 Å². The molecule has 2 heterocycles. The number of nitrogens with zero attached hydrogens (tertiary/aromatic N) is 3. The number of aryl methyl sites for hydroxylation is 1. The summed E-state index contributed by atoms with van der Waals surface area (Å²) in [6.07, 6.45) is 5.13. The van der Waals surface area contributed by atoms with Crippen LogP contribution in [0.2, 0.25) is 0 Å². The Hall–Kier alpha value is -1.40. The van der Waals surface area contributed by atoms with Crippen molar-refractivity contribution in [3.05, 3.63) is 17.5 Å². The lowest BCUT2D eigenvalue weighted by Crippen LogP contribution is -2.48. The van der Waals surface area contributed by atoms with Crippen LogP contribution >= 0.6 is 0 Å². The molecule has 0 saturated carbocycles. The fourth-order valence-electron chi connectivity index (χ4n) is 2.57. The van der Waals surface area contributed by atoms with Gasteiger partial charge in [-0.25, -0.2) is 0 Å². The molecule has 0 aliphatic carbocycles. The third-order valence-corrected chi connectivity index (χ3v) is 3.90. The van der Waals surface area contributed by atoms with Crippen molar-refractivity contribution in [2.75, 3.05) is 39.3 Å². The second kappa shape index (κ2) is 7.40. The van der Waals surface area contributed by atoms with Gasteiger partial charge in [0.25, 0.3) is 5.91 Å². The van der Waals surface area contributed by atoms with Gasteiger partial charge in [-0.2, -0.15) is 5.10 Å². The van der Waals surface area contributed by atoms with E-state index in [4.69, 9.17) is 5.73 Å². The molecule has 6 heteroatoms. The Labute approximate surface area is 120 Å². The highest BCUT2D eigenvalue weighted by Crippen LogP contribution is 2.11. The van der Waals surface area contributed by atoms with Crippen LogP contribution in [0.5, 0.6) is 0 Å². The van der Waals surface area contributed by atoms with Gasteiger partial charge in [0.05, 0.1) is 11.8 Å². The number of carbonyl (C=O) groups is 1. The van der Waals surface area contributed by atoms with Crippen molar-refractivity contribution in [3.63, 3.8) is 0 Å². The first-order valence-electron chi connectivity index (χ1n) is 7.44. The smallest absolute Gasteiger partial charge is 0.257 e. The topological polar surface area (TPSA) is 78.2 Å². The van der Waals surface area contributed by atoms with Crippen molar-refractivity contribution in [2.24, 2.45) is 5.73 Å². The van der Waals surface area contributed by atoms with Crippen LogP contribution in [0.25, 0.3) is 0 Å². The molecule has 6 nitrogen and oxygen atoms in total. The fourth-order valence-corrected chi connectivity index (χ4v) is 2.57. The molecular weight excluding hydrogens is 254 g/mol. The summed E-state index contributed by atoms with van der Waals surface area (Å²) in [4.78, 5) is 16.7. The number of aromatic nitrogens is 2. The number of piperazine rings is 1. The second-order valence-electron chi connectivity index (χ2n) is 5.39. The lowest BCUT2D eigenvalue weighted by atomic mass is 10.2. The Morgan fingerprint density at radius 1 is 1.30 bits per heavy atom. The summed E-state index contributed by atoms with van der Waals surface area (Å²) >= 11 is 0. The molecule has 3 N–H and O–H groups in total. The van der Waals surface area contributed by atoms with Gasteiger partial charge < -0.3 is 10.6 Å². The van der Waals surface area contributed by atoms with Crippen molar-refractivity contribution in [1.29, 1.82) is 0 Å². The lowest BCUT2D eigenvalue weighted by molar-refractivity contribution is 0.0634. The highest BCUT2D eigenvalue weighted by Gasteiger charge is 2.23. The monoisotopic (exact) mass is 279 g/mol. The molecule has 0 radical (unpaired) electrons. The number of hydrogen-bond acceptors (Lipinski definition) is 4. The Kier molecular flexibility index (Phi) is 5.55. The largest absolute Gasteiger partial charge is 0.336 e. The van der Waals surface area contributed by atoms with Crippen molar-refractivity contribution in [1.82, 2.24) is 20.0 Å².